The first-order valence-corrected chi connectivity index (χ1v) is 7.22. The van der Waals surface area contributed by atoms with E-state index in [1.54, 1.807) is 14.0 Å². The number of hydrogen-bond acceptors (Lipinski definition) is 4. The number of hydrogen-bond donors (Lipinski definition) is 2. The van der Waals surface area contributed by atoms with Crippen LogP contribution < -0.4 is 10.7 Å². The molecule has 2 amide bonds. The number of rotatable bonds is 7. The molecule has 0 unspecified atom stereocenters. The first-order valence-electron chi connectivity index (χ1n) is 7.22. The van der Waals surface area contributed by atoms with E-state index < -0.39 is 0 Å². The van der Waals surface area contributed by atoms with Crippen LogP contribution in [0.25, 0.3) is 0 Å². The summed E-state index contributed by atoms with van der Waals surface area (Å²) in [5.74, 6) is -0.0603. The Hall–Kier alpha value is -1.43. The van der Waals surface area contributed by atoms with Gasteiger partial charge in [0.25, 0.3) is 0 Å². The molecule has 0 aliphatic heterocycles. The summed E-state index contributed by atoms with van der Waals surface area (Å²) in [5, 5.41) is 6.70. The monoisotopic (exact) mass is 283 g/mol. The minimum atomic E-state index is -0.116. The number of carbonyl (C=O) groups is 2. The van der Waals surface area contributed by atoms with E-state index in [0.717, 1.165) is 25.7 Å². The van der Waals surface area contributed by atoms with Crippen LogP contribution in [0.4, 0.5) is 0 Å². The lowest BCUT2D eigenvalue weighted by atomic mass is 9.89. The Morgan fingerprint density at radius 1 is 1.25 bits per heavy atom. The summed E-state index contributed by atoms with van der Waals surface area (Å²) >= 11 is 0. The standard InChI is InChI=1S/C14H25N3O3/c1-11(10-13(18)15-8-9-20-2)16-17-14(19)12-6-4-3-5-7-12/h12H,3-10H2,1-2H3,(H,15,18)(H,17,19)/b16-11-. The molecule has 1 saturated carbocycles. The number of ether oxygens (including phenoxy) is 1. The van der Waals surface area contributed by atoms with Crippen molar-refractivity contribution >= 4 is 17.5 Å². The van der Waals surface area contributed by atoms with Crippen molar-refractivity contribution in [1.29, 1.82) is 0 Å². The van der Waals surface area contributed by atoms with E-state index in [1.165, 1.54) is 6.42 Å². The summed E-state index contributed by atoms with van der Waals surface area (Å²) in [6.07, 6.45) is 5.52. The fourth-order valence-electron chi connectivity index (χ4n) is 2.23. The minimum absolute atomic E-state index is 0.0242. The Kier molecular flexibility index (Phi) is 7.87. The van der Waals surface area contributed by atoms with Crippen LogP contribution in [0.15, 0.2) is 5.10 Å². The maximum atomic E-state index is 11.9. The van der Waals surface area contributed by atoms with Crippen LogP contribution in [0.5, 0.6) is 0 Å². The predicted octanol–water partition coefficient (Wildman–Crippen LogP) is 1.21. The van der Waals surface area contributed by atoms with Gasteiger partial charge in [-0.3, -0.25) is 9.59 Å². The molecule has 0 aromatic carbocycles. The molecule has 0 spiro atoms. The predicted molar refractivity (Wildman–Crippen MR) is 77.3 cm³/mol. The van der Waals surface area contributed by atoms with Crippen molar-refractivity contribution in [1.82, 2.24) is 10.7 Å². The molecule has 0 radical (unpaired) electrons. The Bertz CT molecular complexity index is 350. The van der Waals surface area contributed by atoms with E-state index >= 15 is 0 Å². The molecule has 114 valence electrons. The molecule has 1 rings (SSSR count). The zero-order chi connectivity index (χ0) is 14.8. The van der Waals surface area contributed by atoms with Gasteiger partial charge in [0.05, 0.1) is 13.0 Å². The van der Waals surface area contributed by atoms with Crippen molar-refractivity contribution in [3.05, 3.63) is 0 Å². The van der Waals surface area contributed by atoms with Crippen LogP contribution in [0.2, 0.25) is 0 Å². The molecule has 6 heteroatoms. The molecule has 6 nitrogen and oxygen atoms in total. The molecule has 0 bridgehead atoms. The second-order valence-corrected chi connectivity index (χ2v) is 5.18. The van der Waals surface area contributed by atoms with Crippen LogP contribution in [-0.2, 0) is 14.3 Å². The fourth-order valence-corrected chi connectivity index (χ4v) is 2.23. The molecule has 1 aliphatic rings. The second kappa shape index (κ2) is 9.47. The van der Waals surface area contributed by atoms with Crippen molar-refractivity contribution in [2.24, 2.45) is 11.0 Å². The molecular formula is C14H25N3O3. The van der Waals surface area contributed by atoms with Gasteiger partial charge in [-0.2, -0.15) is 5.10 Å². The van der Waals surface area contributed by atoms with E-state index in [4.69, 9.17) is 4.74 Å². The Balaban J connectivity index is 2.26. The first-order chi connectivity index (χ1) is 9.63. The van der Waals surface area contributed by atoms with E-state index in [1.807, 2.05) is 0 Å². The maximum Gasteiger partial charge on any atom is 0.243 e. The third-order valence-electron chi connectivity index (χ3n) is 3.38. The summed E-state index contributed by atoms with van der Waals surface area (Å²) < 4.78 is 4.84. The Morgan fingerprint density at radius 3 is 2.60 bits per heavy atom. The largest absolute Gasteiger partial charge is 0.383 e. The molecule has 20 heavy (non-hydrogen) atoms. The molecular weight excluding hydrogens is 258 g/mol. The van der Waals surface area contributed by atoms with Gasteiger partial charge in [0.2, 0.25) is 11.8 Å². The molecule has 1 aliphatic carbocycles. The topological polar surface area (TPSA) is 79.8 Å². The van der Waals surface area contributed by atoms with E-state index in [0.29, 0.717) is 18.9 Å². The third kappa shape index (κ3) is 6.65. The molecule has 0 saturated heterocycles. The van der Waals surface area contributed by atoms with Crippen molar-refractivity contribution in [2.45, 2.75) is 45.4 Å². The van der Waals surface area contributed by atoms with Gasteiger partial charge >= 0.3 is 0 Å². The molecule has 2 N–H and O–H groups in total. The molecule has 0 aromatic heterocycles. The van der Waals surface area contributed by atoms with E-state index in [2.05, 4.69) is 15.8 Å². The van der Waals surface area contributed by atoms with Crippen molar-refractivity contribution < 1.29 is 14.3 Å². The van der Waals surface area contributed by atoms with Gasteiger partial charge in [-0.1, -0.05) is 19.3 Å². The summed E-state index contributed by atoms with van der Waals surface area (Å²) in [4.78, 5) is 23.4. The van der Waals surface area contributed by atoms with Gasteiger partial charge < -0.3 is 10.1 Å². The third-order valence-corrected chi connectivity index (χ3v) is 3.38. The number of carbonyl (C=O) groups excluding carboxylic acids is 2. The minimum Gasteiger partial charge on any atom is -0.383 e. The second-order valence-electron chi connectivity index (χ2n) is 5.18. The zero-order valence-electron chi connectivity index (χ0n) is 12.4. The van der Waals surface area contributed by atoms with Crippen LogP contribution >= 0.6 is 0 Å². The first kappa shape index (κ1) is 16.6. The number of nitrogens with one attached hydrogen (secondary N) is 2. The highest BCUT2D eigenvalue weighted by Crippen LogP contribution is 2.23. The van der Waals surface area contributed by atoms with Crippen LogP contribution in [0.1, 0.15) is 45.4 Å². The molecule has 0 atom stereocenters. The average molecular weight is 283 g/mol. The van der Waals surface area contributed by atoms with Crippen LogP contribution in [0, 0.1) is 5.92 Å². The maximum absolute atomic E-state index is 11.9. The van der Waals surface area contributed by atoms with Crippen molar-refractivity contribution in [2.75, 3.05) is 20.3 Å². The Morgan fingerprint density at radius 2 is 1.95 bits per heavy atom. The van der Waals surface area contributed by atoms with Gasteiger partial charge in [-0.15, -0.1) is 0 Å². The summed E-state index contributed by atoms with van der Waals surface area (Å²) in [5.41, 5.74) is 3.17. The number of hydrazone groups is 1. The average Bonchev–Trinajstić information content (AvgIpc) is 2.46. The molecule has 1 fully saturated rings. The van der Waals surface area contributed by atoms with Crippen LogP contribution in [-0.4, -0.2) is 37.8 Å². The normalized spacial score (nSPS) is 16.8. The summed E-state index contributed by atoms with van der Waals surface area (Å²) in [7, 11) is 1.58. The number of nitrogens with zero attached hydrogens (tertiary/aromatic N) is 1. The molecule has 0 heterocycles. The SMILES string of the molecule is COCCNC(=O)C/C(C)=N\NC(=O)C1CCCCC1. The van der Waals surface area contributed by atoms with Gasteiger partial charge in [-0.25, -0.2) is 5.43 Å². The van der Waals surface area contributed by atoms with E-state index in [-0.39, 0.29) is 24.2 Å². The highest BCUT2D eigenvalue weighted by Gasteiger charge is 2.20. The lowest BCUT2D eigenvalue weighted by Gasteiger charge is -2.19. The number of amides is 2. The fraction of sp³-hybridized carbons (Fsp3) is 0.786. The highest BCUT2D eigenvalue weighted by atomic mass is 16.5. The van der Waals surface area contributed by atoms with Gasteiger partial charge in [0.1, 0.15) is 0 Å². The van der Waals surface area contributed by atoms with Gasteiger partial charge in [-0.05, 0) is 19.8 Å². The summed E-state index contributed by atoms with van der Waals surface area (Å²) in [6, 6.07) is 0. The lowest BCUT2D eigenvalue weighted by Crippen LogP contribution is -2.31. The lowest BCUT2D eigenvalue weighted by molar-refractivity contribution is -0.126. The quantitative estimate of drug-likeness (QED) is 0.419. The Labute approximate surface area is 120 Å². The van der Waals surface area contributed by atoms with Gasteiger partial charge in [0, 0.05) is 25.3 Å². The van der Waals surface area contributed by atoms with Crippen molar-refractivity contribution in [3.63, 3.8) is 0 Å². The highest BCUT2D eigenvalue weighted by molar-refractivity contribution is 6.00. The van der Waals surface area contributed by atoms with Crippen LogP contribution in [0.3, 0.4) is 0 Å². The zero-order valence-corrected chi connectivity index (χ0v) is 12.4. The number of methoxy groups -OCH3 is 1. The van der Waals surface area contributed by atoms with Gasteiger partial charge in [0.15, 0.2) is 0 Å². The summed E-state index contributed by atoms with van der Waals surface area (Å²) in [6.45, 7) is 2.70. The van der Waals surface area contributed by atoms with Crippen molar-refractivity contribution in [3.8, 4) is 0 Å². The van der Waals surface area contributed by atoms with E-state index in [9.17, 15) is 9.59 Å². The smallest absolute Gasteiger partial charge is 0.243 e. The molecule has 0 aromatic rings.